The molecule has 15 heteroatoms. The molecular weight excluding hydrogens is 813 g/mol. The summed E-state index contributed by atoms with van der Waals surface area (Å²) in [5.41, 5.74) is 5.82. The first-order valence-electron chi connectivity index (χ1n) is 22.3. The second-order valence-electron chi connectivity index (χ2n) is 18.4. The predicted molar refractivity (Wildman–Crippen MR) is 251 cm³/mol. The van der Waals surface area contributed by atoms with Gasteiger partial charge in [0.1, 0.15) is 23.4 Å². The number of hydrogen-bond acceptors (Lipinski definition) is 11. The van der Waals surface area contributed by atoms with Gasteiger partial charge in [0.25, 0.3) is 0 Å². The molecule has 0 aliphatic carbocycles. The summed E-state index contributed by atoms with van der Waals surface area (Å²) >= 11 is 0. The Balaban J connectivity index is 1.33. The summed E-state index contributed by atoms with van der Waals surface area (Å²) in [4.78, 5) is 32.5. The van der Waals surface area contributed by atoms with E-state index in [1.54, 1.807) is 21.3 Å². The zero-order chi connectivity index (χ0) is 45.3. The lowest BCUT2D eigenvalue weighted by Gasteiger charge is -2.36. The van der Waals surface area contributed by atoms with Crippen molar-refractivity contribution in [3.63, 3.8) is 0 Å². The van der Waals surface area contributed by atoms with Crippen molar-refractivity contribution in [2.24, 2.45) is 5.92 Å². The Morgan fingerprint density at radius 2 is 1.54 bits per heavy atom. The molecule has 1 amide bonds. The van der Waals surface area contributed by atoms with Gasteiger partial charge in [0.05, 0.1) is 26.1 Å². The topological polar surface area (TPSA) is 140 Å². The minimum Gasteiger partial charge on any atom is -0.497 e. The Morgan fingerprint density at radius 3 is 2.08 bits per heavy atom. The van der Waals surface area contributed by atoms with Gasteiger partial charge in [0.2, 0.25) is 0 Å². The van der Waals surface area contributed by atoms with Crippen LogP contribution in [-0.4, -0.2) is 103 Å². The van der Waals surface area contributed by atoms with E-state index in [4.69, 9.17) is 38.7 Å². The molecule has 0 bridgehead atoms. The number of imidazole rings is 1. The van der Waals surface area contributed by atoms with Crippen LogP contribution in [0.15, 0.2) is 67.0 Å². The molecule has 1 N–H and O–H groups in total. The Labute approximate surface area is 374 Å². The molecule has 3 aromatic heterocycles. The summed E-state index contributed by atoms with van der Waals surface area (Å²) in [5, 5.41) is 14.5. The van der Waals surface area contributed by atoms with Crippen LogP contribution in [0.2, 0.25) is 18.1 Å². The van der Waals surface area contributed by atoms with Gasteiger partial charge in [-0.15, -0.1) is 5.10 Å². The van der Waals surface area contributed by atoms with Crippen molar-refractivity contribution in [3.05, 3.63) is 94.9 Å². The van der Waals surface area contributed by atoms with Gasteiger partial charge < -0.3 is 38.4 Å². The molecule has 4 heterocycles. The second kappa shape index (κ2) is 20.8. The minimum absolute atomic E-state index is 0.111. The second-order valence-corrected chi connectivity index (χ2v) is 23.2. The van der Waals surface area contributed by atoms with Gasteiger partial charge >= 0.3 is 12.1 Å². The molecule has 340 valence electrons. The van der Waals surface area contributed by atoms with E-state index in [2.05, 4.69) is 87.8 Å². The van der Waals surface area contributed by atoms with Crippen LogP contribution in [0.5, 0.6) is 17.5 Å². The van der Waals surface area contributed by atoms with Crippen molar-refractivity contribution in [3.8, 4) is 17.5 Å². The molecule has 1 aliphatic rings. The summed E-state index contributed by atoms with van der Waals surface area (Å²) in [7, 11) is 3.04. The quantitative estimate of drug-likeness (QED) is 0.0745. The Hall–Kier alpha value is -5.41. The number of aromatic nitrogens is 5. The number of methoxy groups -OCH3 is 2. The van der Waals surface area contributed by atoms with Gasteiger partial charge in [-0.25, -0.2) is 19.3 Å². The number of ether oxygens (including phenoxy) is 3. The number of anilines is 2. The number of carboxylic acid groups (broad SMARTS) is 1. The number of benzene rings is 2. The molecule has 6 rings (SSSR count). The zero-order valence-corrected chi connectivity index (χ0v) is 40.1. The predicted octanol–water partition coefficient (Wildman–Crippen LogP) is 9.43. The van der Waals surface area contributed by atoms with Gasteiger partial charge in [-0.1, -0.05) is 64.4 Å². The summed E-state index contributed by atoms with van der Waals surface area (Å²) in [5.74, 6) is 3.55. The van der Waals surface area contributed by atoms with Crippen LogP contribution in [0.3, 0.4) is 0 Å². The maximum atomic E-state index is 11.4. The fourth-order valence-electron chi connectivity index (χ4n) is 7.84. The number of amides is 1. The first-order chi connectivity index (χ1) is 30.1. The number of aryl methyl sites for hydroxylation is 1. The molecule has 2 aromatic carbocycles. The van der Waals surface area contributed by atoms with Crippen molar-refractivity contribution in [2.75, 3.05) is 57.3 Å². The molecule has 5 aromatic rings. The van der Waals surface area contributed by atoms with Gasteiger partial charge in [-0.05, 0) is 96.8 Å². The molecule has 1 aliphatic heterocycles. The normalized spacial score (nSPS) is 14.2. The highest BCUT2D eigenvalue weighted by Gasteiger charge is 2.37. The summed E-state index contributed by atoms with van der Waals surface area (Å²) in [6, 6.07) is 18.7. The van der Waals surface area contributed by atoms with Crippen molar-refractivity contribution in [2.45, 2.75) is 110 Å². The Morgan fingerprint density at radius 1 is 0.921 bits per heavy atom. The summed E-state index contributed by atoms with van der Waals surface area (Å²) in [6.07, 6.45) is 7.70. The highest BCUT2D eigenvalue weighted by Crippen LogP contribution is 2.37. The Kier molecular flexibility index (Phi) is 15.6. The lowest BCUT2D eigenvalue weighted by molar-refractivity contribution is 0.135. The summed E-state index contributed by atoms with van der Waals surface area (Å²) < 4.78 is 26.2. The maximum absolute atomic E-state index is 11.4. The van der Waals surface area contributed by atoms with Gasteiger partial charge in [-0.2, -0.15) is 4.98 Å². The smallest absolute Gasteiger partial charge is 0.407 e. The van der Waals surface area contributed by atoms with Crippen LogP contribution in [0.4, 0.5) is 16.4 Å². The number of rotatable bonds is 20. The standard InChI is InChI=1S/C48H68N8O6Si/c1-11-12-42(23-26-61-63(9,10)48(3,4)5)62-46-51-45(55(32-35-13-17-40(59-7)18-14-35)33-36-15-19-41(60-8)20-16-36)44-50-30-39(56(44)52-46)28-38-27-34(2)43(49-29-38)54-24-21-37(22-25-54)31-53(6)47(57)58/h13-20,27,29-30,37,42H,11-12,21-26,28,31-33H2,1-10H3,(H,57,58). The van der Waals surface area contributed by atoms with E-state index in [-0.39, 0.29) is 11.1 Å². The van der Waals surface area contributed by atoms with Crippen LogP contribution >= 0.6 is 0 Å². The average Bonchev–Trinajstić information content (AvgIpc) is 3.65. The van der Waals surface area contributed by atoms with E-state index < -0.39 is 14.4 Å². The van der Waals surface area contributed by atoms with Crippen LogP contribution in [0.1, 0.15) is 87.7 Å². The third kappa shape index (κ3) is 12.2. The lowest BCUT2D eigenvalue weighted by atomic mass is 9.96. The molecule has 1 fully saturated rings. The highest BCUT2D eigenvalue weighted by molar-refractivity contribution is 6.74. The third-order valence-electron chi connectivity index (χ3n) is 12.6. The van der Waals surface area contributed by atoms with Crippen molar-refractivity contribution >= 4 is 31.7 Å². The number of fused-ring (bicyclic) bond motifs is 1. The maximum Gasteiger partial charge on any atom is 0.407 e. The van der Waals surface area contributed by atoms with Gasteiger partial charge in [0, 0.05) is 65.4 Å². The van der Waals surface area contributed by atoms with Crippen LogP contribution in [0, 0.1) is 12.8 Å². The van der Waals surface area contributed by atoms with Crippen LogP contribution < -0.4 is 24.0 Å². The van der Waals surface area contributed by atoms with E-state index in [1.807, 2.05) is 41.2 Å². The molecule has 0 radical (unpaired) electrons. The van der Waals surface area contributed by atoms with Crippen molar-refractivity contribution in [1.82, 2.24) is 29.5 Å². The molecule has 63 heavy (non-hydrogen) atoms. The largest absolute Gasteiger partial charge is 0.497 e. The van der Waals surface area contributed by atoms with Crippen molar-refractivity contribution < 1.29 is 28.5 Å². The summed E-state index contributed by atoms with van der Waals surface area (Å²) in [6.45, 7) is 19.6. The molecule has 0 saturated carbocycles. The monoisotopic (exact) mass is 881 g/mol. The van der Waals surface area contributed by atoms with E-state index in [9.17, 15) is 9.90 Å². The van der Waals surface area contributed by atoms with E-state index in [0.717, 1.165) is 90.5 Å². The number of piperidine rings is 1. The number of carbonyl (C=O) groups is 1. The zero-order valence-electron chi connectivity index (χ0n) is 39.1. The molecule has 0 spiro atoms. The number of pyridine rings is 1. The number of hydrogen-bond donors (Lipinski definition) is 1. The molecule has 1 atom stereocenters. The molecule has 1 saturated heterocycles. The van der Waals surface area contributed by atoms with E-state index >= 15 is 0 Å². The van der Waals surface area contributed by atoms with E-state index in [0.29, 0.717) is 56.1 Å². The van der Waals surface area contributed by atoms with Gasteiger partial charge in [0.15, 0.2) is 19.8 Å². The highest BCUT2D eigenvalue weighted by atomic mass is 28.4. The molecule has 14 nitrogen and oxygen atoms in total. The SMILES string of the molecule is CCCC(CCO[Si](C)(C)C(C)(C)C)Oc1nc(N(Cc2ccc(OC)cc2)Cc2ccc(OC)cc2)c2ncc(Cc3cnc(N4CCC(CN(C)C(=O)O)CC4)c(C)c3)n2n1. The fourth-order valence-corrected chi connectivity index (χ4v) is 8.90. The molecular formula is C48H68N8O6Si. The Bertz CT molecular complexity index is 2210. The third-order valence-corrected chi connectivity index (χ3v) is 17.2. The molecule has 1 unspecified atom stereocenters. The van der Waals surface area contributed by atoms with Crippen molar-refractivity contribution in [1.29, 1.82) is 0 Å². The average molecular weight is 881 g/mol. The lowest BCUT2D eigenvalue weighted by Crippen LogP contribution is -2.41. The number of nitrogens with zero attached hydrogens (tertiary/aromatic N) is 8. The first kappa shape index (κ1) is 47.1. The minimum atomic E-state index is -1.95. The first-order valence-corrected chi connectivity index (χ1v) is 25.2. The van der Waals surface area contributed by atoms with Gasteiger partial charge in [-0.3, -0.25) is 0 Å². The van der Waals surface area contributed by atoms with Crippen LogP contribution in [0.25, 0.3) is 5.65 Å². The van der Waals surface area contributed by atoms with E-state index in [1.165, 1.54) is 4.90 Å². The fraction of sp³-hybridized carbons (Fsp3) is 0.521. The van der Waals surface area contributed by atoms with Crippen LogP contribution in [-0.2, 0) is 23.9 Å².